The van der Waals surface area contributed by atoms with E-state index in [0.29, 0.717) is 18.3 Å². The number of carbonyl (C=O) groups is 2. The fourth-order valence-corrected chi connectivity index (χ4v) is 4.65. The van der Waals surface area contributed by atoms with Crippen LogP contribution < -0.4 is 10.6 Å². The predicted octanol–water partition coefficient (Wildman–Crippen LogP) is 1.89. The standard InChI is InChI=1S/C24H37N5O2/c1-25-22(30)17-21-10-14-29(15-11-21)24(26-2)27-18-23(31)28-12-8-20(9-13-28)16-19-6-4-3-5-7-19/h3-7,20-21H,8-18H2,1-2H3,(H,25,30)(H,26,27). The monoisotopic (exact) mass is 427 g/mol. The van der Waals surface area contributed by atoms with E-state index in [1.165, 1.54) is 5.56 Å². The maximum Gasteiger partial charge on any atom is 0.241 e. The lowest BCUT2D eigenvalue weighted by atomic mass is 9.90. The van der Waals surface area contributed by atoms with Gasteiger partial charge in [-0.05, 0) is 49.5 Å². The number of amides is 2. The number of piperidine rings is 2. The molecule has 0 unspecified atom stereocenters. The molecule has 31 heavy (non-hydrogen) atoms. The molecule has 2 fully saturated rings. The Morgan fingerprint density at radius 2 is 1.58 bits per heavy atom. The van der Waals surface area contributed by atoms with Crippen molar-refractivity contribution in [3.63, 3.8) is 0 Å². The number of nitrogens with zero attached hydrogens (tertiary/aromatic N) is 3. The third-order valence-electron chi connectivity index (χ3n) is 6.61. The van der Waals surface area contributed by atoms with Gasteiger partial charge >= 0.3 is 0 Å². The summed E-state index contributed by atoms with van der Waals surface area (Å²) < 4.78 is 0. The van der Waals surface area contributed by atoms with E-state index in [9.17, 15) is 9.59 Å². The molecule has 0 aliphatic carbocycles. The third-order valence-corrected chi connectivity index (χ3v) is 6.61. The van der Waals surface area contributed by atoms with Crippen molar-refractivity contribution in [1.82, 2.24) is 20.4 Å². The van der Waals surface area contributed by atoms with Crippen LogP contribution in [0.25, 0.3) is 0 Å². The Bertz CT molecular complexity index is 736. The number of nitrogens with one attached hydrogen (secondary N) is 2. The number of carbonyl (C=O) groups excluding carboxylic acids is 2. The smallest absolute Gasteiger partial charge is 0.241 e. The molecule has 1 aromatic rings. The van der Waals surface area contributed by atoms with Crippen LogP contribution in [0.15, 0.2) is 35.3 Å². The largest absolute Gasteiger partial charge is 0.359 e. The Balaban J connectivity index is 1.37. The fraction of sp³-hybridized carbons (Fsp3) is 0.625. The molecule has 170 valence electrons. The van der Waals surface area contributed by atoms with Gasteiger partial charge in [0.15, 0.2) is 5.96 Å². The Morgan fingerprint density at radius 3 is 2.19 bits per heavy atom. The van der Waals surface area contributed by atoms with E-state index in [1.54, 1.807) is 14.1 Å². The van der Waals surface area contributed by atoms with Crippen molar-refractivity contribution in [1.29, 1.82) is 0 Å². The Kier molecular flexibility index (Phi) is 8.74. The second-order valence-electron chi connectivity index (χ2n) is 8.72. The average Bonchev–Trinajstić information content (AvgIpc) is 2.81. The van der Waals surface area contributed by atoms with Gasteiger partial charge in [0.1, 0.15) is 0 Å². The zero-order chi connectivity index (χ0) is 22.1. The van der Waals surface area contributed by atoms with Crippen molar-refractivity contribution in [2.75, 3.05) is 46.8 Å². The first-order valence-electron chi connectivity index (χ1n) is 11.6. The van der Waals surface area contributed by atoms with Gasteiger partial charge in [0.05, 0.1) is 6.54 Å². The molecule has 2 heterocycles. The molecule has 7 nitrogen and oxygen atoms in total. The molecule has 0 aromatic heterocycles. The van der Waals surface area contributed by atoms with Crippen LogP contribution in [0.1, 0.15) is 37.7 Å². The van der Waals surface area contributed by atoms with Gasteiger partial charge in [0.2, 0.25) is 11.8 Å². The quantitative estimate of drug-likeness (QED) is 0.537. The van der Waals surface area contributed by atoms with Gasteiger partial charge in [-0.15, -0.1) is 0 Å². The zero-order valence-electron chi connectivity index (χ0n) is 19.0. The lowest BCUT2D eigenvalue weighted by Crippen LogP contribution is -2.50. The summed E-state index contributed by atoms with van der Waals surface area (Å²) in [4.78, 5) is 32.9. The average molecular weight is 428 g/mol. The number of hydrogen-bond acceptors (Lipinski definition) is 3. The van der Waals surface area contributed by atoms with Crippen LogP contribution in [0, 0.1) is 11.8 Å². The van der Waals surface area contributed by atoms with E-state index < -0.39 is 0 Å². The molecular formula is C24H37N5O2. The van der Waals surface area contributed by atoms with E-state index in [2.05, 4.69) is 50.9 Å². The van der Waals surface area contributed by atoms with Gasteiger partial charge in [0, 0.05) is 46.7 Å². The SMILES string of the molecule is CN=C(NCC(=O)N1CCC(Cc2ccccc2)CC1)N1CCC(CC(=O)NC)CC1. The molecule has 7 heteroatoms. The first kappa shape index (κ1) is 23.1. The molecule has 0 saturated carbocycles. The summed E-state index contributed by atoms with van der Waals surface area (Å²) in [7, 11) is 3.45. The highest BCUT2D eigenvalue weighted by atomic mass is 16.2. The summed E-state index contributed by atoms with van der Waals surface area (Å²) in [6.07, 6.45) is 5.76. The molecule has 2 aliphatic rings. The summed E-state index contributed by atoms with van der Waals surface area (Å²) >= 11 is 0. The van der Waals surface area contributed by atoms with Crippen molar-refractivity contribution in [2.45, 2.75) is 38.5 Å². The second-order valence-corrected chi connectivity index (χ2v) is 8.72. The molecule has 2 aliphatic heterocycles. The van der Waals surface area contributed by atoms with Crippen LogP contribution >= 0.6 is 0 Å². The number of guanidine groups is 1. The van der Waals surface area contributed by atoms with Crippen LogP contribution in [0.2, 0.25) is 0 Å². The van der Waals surface area contributed by atoms with Gasteiger partial charge < -0.3 is 20.4 Å². The molecule has 3 rings (SSSR count). The van der Waals surface area contributed by atoms with Gasteiger partial charge in [-0.2, -0.15) is 0 Å². The van der Waals surface area contributed by atoms with Crippen LogP contribution in [0.3, 0.4) is 0 Å². The van der Waals surface area contributed by atoms with Crippen molar-refractivity contribution >= 4 is 17.8 Å². The molecule has 2 N–H and O–H groups in total. The summed E-state index contributed by atoms with van der Waals surface area (Å²) in [6.45, 7) is 3.68. The lowest BCUT2D eigenvalue weighted by molar-refractivity contribution is -0.131. The Labute approximate surface area is 186 Å². The minimum absolute atomic E-state index is 0.110. The van der Waals surface area contributed by atoms with E-state index in [4.69, 9.17) is 0 Å². The number of hydrogen-bond donors (Lipinski definition) is 2. The van der Waals surface area contributed by atoms with Crippen molar-refractivity contribution in [3.8, 4) is 0 Å². The highest BCUT2D eigenvalue weighted by Crippen LogP contribution is 2.22. The number of rotatable bonds is 6. The molecule has 0 spiro atoms. The minimum Gasteiger partial charge on any atom is -0.359 e. The summed E-state index contributed by atoms with van der Waals surface area (Å²) in [6, 6.07) is 10.6. The van der Waals surface area contributed by atoms with Gasteiger partial charge in [-0.25, -0.2) is 0 Å². The first-order chi connectivity index (χ1) is 15.1. The molecule has 2 saturated heterocycles. The van der Waals surface area contributed by atoms with Gasteiger partial charge in [-0.3, -0.25) is 14.6 Å². The molecule has 0 atom stereocenters. The maximum atomic E-state index is 12.7. The maximum absolute atomic E-state index is 12.7. The van der Waals surface area contributed by atoms with Crippen molar-refractivity contribution < 1.29 is 9.59 Å². The highest BCUT2D eigenvalue weighted by Gasteiger charge is 2.25. The van der Waals surface area contributed by atoms with E-state index >= 15 is 0 Å². The molecule has 1 aromatic carbocycles. The molecule has 0 bridgehead atoms. The highest BCUT2D eigenvalue weighted by molar-refractivity contribution is 5.86. The normalized spacial score (nSPS) is 18.7. The second kappa shape index (κ2) is 11.7. The zero-order valence-corrected chi connectivity index (χ0v) is 19.0. The summed E-state index contributed by atoms with van der Waals surface area (Å²) in [5, 5.41) is 5.96. The van der Waals surface area contributed by atoms with Gasteiger partial charge in [-0.1, -0.05) is 30.3 Å². The first-order valence-corrected chi connectivity index (χ1v) is 11.6. The van der Waals surface area contributed by atoms with Gasteiger partial charge in [0.25, 0.3) is 0 Å². The summed E-state index contributed by atoms with van der Waals surface area (Å²) in [5.74, 6) is 2.12. The molecule has 2 amide bonds. The Morgan fingerprint density at radius 1 is 0.968 bits per heavy atom. The van der Waals surface area contributed by atoms with E-state index in [1.807, 2.05) is 4.90 Å². The Hall–Kier alpha value is -2.57. The summed E-state index contributed by atoms with van der Waals surface area (Å²) in [5.41, 5.74) is 1.39. The van der Waals surface area contributed by atoms with Crippen molar-refractivity contribution in [3.05, 3.63) is 35.9 Å². The fourth-order valence-electron chi connectivity index (χ4n) is 4.65. The van der Waals surface area contributed by atoms with Crippen LogP contribution in [-0.4, -0.2) is 74.4 Å². The van der Waals surface area contributed by atoms with Crippen LogP contribution in [-0.2, 0) is 16.0 Å². The van der Waals surface area contributed by atoms with E-state index in [0.717, 1.165) is 64.2 Å². The predicted molar refractivity (Wildman–Crippen MR) is 124 cm³/mol. The lowest BCUT2D eigenvalue weighted by Gasteiger charge is -2.35. The minimum atomic E-state index is 0.110. The van der Waals surface area contributed by atoms with Crippen LogP contribution in [0.4, 0.5) is 0 Å². The van der Waals surface area contributed by atoms with E-state index in [-0.39, 0.29) is 18.4 Å². The number of likely N-dealkylation sites (tertiary alicyclic amines) is 2. The number of benzene rings is 1. The number of aliphatic imine (C=N–C) groups is 1. The van der Waals surface area contributed by atoms with Crippen molar-refractivity contribution in [2.24, 2.45) is 16.8 Å². The molecule has 0 radical (unpaired) electrons. The third kappa shape index (κ3) is 6.97. The molecular weight excluding hydrogens is 390 g/mol. The van der Waals surface area contributed by atoms with Crippen LogP contribution in [0.5, 0.6) is 0 Å². The topological polar surface area (TPSA) is 77.0 Å².